The molecular formula is C13H22N2O5S. The van der Waals surface area contributed by atoms with Gasteiger partial charge in [-0.2, -0.15) is 12.7 Å². The van der Waals surface area contributed by atoms with Crippen LogP contribution in [0.3, 0.4) is 0 Å². The minimum absolute atomic E-state index is 0.148. The number of carbonyl (C=O) groups excluding carboxylic acids is 1. The molecule has 0 aromatic rings. The fourth-order valence-corrected chi connectivity index (χ4v) is 4.99. The smallest absolute Gasteiger partial charge is 0.410 e. The predicted octanol–water partition coefficient (Wildman–Crippen LogP) is 1.10. The summed E-state index contributed by atoms with van der Waals surface area (Å²) in [6, 6.07) is -0.408. The first kappa shape index (κ1) is 15.1. The fraction of sp³-hybridized carbons (Fsp3) is 0.923. The van der Waals surface area contributed by atoms with E-state index < -0.39 is 15.9 Å². The van der Waals surface area contributed by atoms with Gasteiger partial charge in [0, 0.05) is 13.1 Å². The third kappa shape index (κ3) is 2.64. The van der Waals surface area contributed by atoms with Gasteiger partial charge in [-0.15, -0.1) is 0 Å². The van der Waals surface area contributed by atoms with Crippen LogP contribution in [0.2, 0.25) is 0 Å². The maximum atomic E-state index is 12.4. The van der Waals surface area contributed by atoms with Crippen molar-refractivity contribution in [2.75, 3.05) is 13.1 Å². The van der Waals surface area contributed by atoms with E-state index in [-0.39, 0.29) is 30.8 Å². The van der Waals surface area contributed by atoms with Crippen LogP contribution in [-0.4, -0.2) is 60.6 Å². The second kappa shape index (κ2) is 4.82. The molecule has 0 radical (unpaired) electrons. The van der Waals surface area contributed by atoms with Crippen LogP contribution in [0.25, 0.3) is 0 Å². The minimum Gasteiger partial charge on any atom is -0.444 e. The molecule has 0 spiro atoms. The quantitative estimate of drug-likeness (QED) is 0.668. The Morgan fingerprint density at radius 3 is 2.62 bits per heavy atom. The standard InChI is InChI=1S/C13H22N2O5S/c1-13(2,3)19-12(16)14-7-8-15-11-9(14)5-4-6-10(11)20-21(15,17)18/h9-11H,4-8H2,1-3H3/t9-,10+,11-/m1/s1. The van der Waals surface area contributed by atoms with Crippen LogP contribution in [0.4, 0.5) is 4.79 Å². The van der Waals surface area contributed by atoms with Crippen molar-refractivity contribution < 1.29 is 22.1 Å². The van der Waals surface area contributed by atoms with Crippen molar-refractivity contribution in [2.45, 2.75) is 63.8 Å². The highest BCUT2D eigenvalue weighted by atomic mass is 32.2. The number of amides is 1. The van der Waals surface area contributed by atoms with Crippen LogP contribution in [0.15, 0.2) is 0 Å². The summed E-state index contributed by atoms with van der Waals surface area (Å²) >= 11 is 0. The number of hydrogen-bond donors (Lipinski definition) is 0. The SMILES string of the molecule is CC(C)(C)OC(=O)N1CCN2[C@H]3[C@H](CCC[C@H]31)OS2(=O)=O. The van der Waals surface area contributed by atoms with E-state index in [0.29, 0.717) is 6.54 Å². The number of hydrogen-bond acceptors (Lipinski definition) is 5. The maximum Gasteiger partial charge on any atom is 0.410 e. The second-order valence-corrected chi connectivity index (χ2v) is 8.38. The molecule has 2 aliphatic heterocycles. The van der Waals surface area contributed by atoms with Crippen molar-refractivity contribution >= 4 is 16.4 Å². The number of rotatable bonds is 0. The fourth-order valence-electron chi connectivity index (χ4n) is 3.48. The number of ether oxygens (including phenoxy) is 1. The maximum absolute atomic E-state index is 12.4. The van der Waals surface area contributed by atoms with Gasteiger partial charge in [-0.3, -0.25) is 4.18 Å². The molecule has 7 nitrogen and oxygen atoms in total. The summed E-state index contributed by atoms with van der Waals surface area (Å²) in [5.41, 5.74) is -0.555. The van der Waals surface area contributed by atoms with Crippen LogP contribution in [0, 0.1) is 0 Å². The molecule has 21 heavy (non-hydrogen) atoms. The van der Waals surface area contributed by atoms with E-state index in [1.165, 1.54) is 4.31 Å². The van der Waals surface area contributed by atoms with Crippen molar-refractivity contribution in [1.29, 1.82) is 0 Å². The van der Waals surface area contributed by atoms with Crippen LogP contribution in [0.1, 0.15) is 40.0 Å². The van der Waals surface area contributed by atoms with Crippen molar-refractivity contribution in [3.63, 3.8) is 0 Å². The Kier molecular flexibility index (Phi) is 3.46. The van der Waals surface area contributed by atoms with Crippen LogP contribution in [0.5, 0.6) is 0 Å². The zero-order chi connectivity index (χ0) is 15.4. The molecule has 2 saturated heterocycles. The lowest BCUT2D eigenvalue weighted by Crippen LogP contribution is -2.63. The summed E-state index contributed by atoms with van der Waals surface area (Å²) in [6.45, 7) is 6.11. The highest BCUT2D eigenvalue weighted by molar-refractivity contribution is 7.84. The Morgan fingerprint density at radius 1 is 1.24 bits per heavy atom. The molecule has 0 unspecified atom stereocenters. The molecule has 8 heteroatoms. The molecule has 0 bridgehead atoms. The topological polar surface area (TPSA) is 76.2 Å². The lowest BCUT2D eigenvalue weighted by atomic mass is 9.85. The zero-order valence-corrected chi connectivity index (χ0v) is 13.4. The van der Waals surface area contributed by atoms with Crippen LogP contribution < -0.4 is 0 Å². The average Bonchev–Trinajstić information content (AvgIpc) is 2.60. The van der Waals surface area contributed by atoms with E-state index >= 15 is 0 Å². The van der Waals surface area contributed by atoms with E-state index in [4.69, 9.17) is 8.92 Å². The van der Waals surface area contributed by atoms with Crippen LogP contribution in [-0.2, 0) is 19.2 Å². The third-order valence-corrected chi connectivity index (χ3v) is 5.71. The molecule has 1 amide bonds. The molecule has 3 atom stereocenters. The number of piperazine rings is 1. The monoisotopic (exact) mass is 318 g/mol. The minimum atomic E-state index is -3.63. The molecule has 120 valence electrons. The summed E-state index contributed by atoms with van der Waals surface area (Å²) in [6.07, 6.45) is 1.67. The molecule has 3 rings (SSSR count). The van der Waals surface area contributed by atoms with E-state index in [1.54, 1.807) is 4.90 Å². The van der Waals surface area contributed by atoms with Crippen molar-refractivity contribution in [3.05, 3.63) is 0 Å². The largest absolute Gasteiger partial charge is 0.444 e. The molecule has 0 aromatic carbocycles. The Labute approximate surface area is 125 Å². The zero-order valence-electron chi connectivity index (χ0n) is 12.6. The molecule has 1 aliphatic carbocycles. The normalized spacial score (nSPS) is 35.4. The first-order valence-corrected chi connectivity index (χ1v) is 8.75. The summed E-state index contributed by atoms with van der Waals surface area (Å²) in [4.78, 5) is 14.0. The van der Waals surface area contributed by atoms with Crippen molar-refractivity contribution in [1.82, 2.24) is 9.21 Å². The molecule has 1 saturated carbocycles. The van der Waals surface area contributed by atoms with Gasteiger partial charge in [0.05, 0.1) is 18.2 Å². The summed E-state index contributed by atoms with van der Waals surface area (Å²) < 4.78 is 36.1. The Balaban J connectivity index is 1.83. The van der Waals surface area contributed by atoms with Crippen molar-refractivity contribution in [3.8, 4) is 0 Å². The molecule has 0 aromatic heterocycles. The third-order valence-electron chi connectivity index (χ3n) is 4.22. The van der Waals surface area contributed by atoms with E-state index in [9.17, 15) is 13.2 Å². The first-order chi connectivity index (χ1) is 9.69. The highest BCUT2D eigenvalue weighted by Crippen LogP contribution is 2.40. The summed E-state index contributed by atoms with van der Waals surface area (Å²) in [5, 5.41) is 0. The van der Waals surface area contributed by atoms with E-state index in [1.807, 2.05) is 20.8 Å². The van der Waals surface area contributed by atoms with Gasteiger partial charge in [-0.1, -0.05) is 0 Å². The van der Waals surface area contributed by atoms with Gasteiger partial charge < -0.3 is 9.64 Å². The average molecular weight is 318 g/mol. The molecular weight excluding hydrogens is 296 g/mol. The molecule has 2 heterocycles. The lowest BCUT2D eigenvalue weighted by Gasteiger charge is -2.46. The molecule has 3 aliphatic rings. The van der Waals surface area contributed by atoms with Gasteiger partial charge in [0.2, 0.25) is 0 Å². The number of carbonyl (C=O) groups is 1. The molecule has 3 fully saturated rings. The van der Waals surface area contributed by atoms with Gasteiger partial charge in [0.1, 0.15) is 5.60 Å². The van der Waals surface area contributed by atoms with Gasteiger partial charge in [0.25, 0.3) is 0 Å². The second-order valence-electron chi connectivity index (χ2n) is 6.87. The predicted molar refractivity (Wildman–Crippen MR) is 74.9 cm³/mol. The van der Waals surface area contributed by atoms with Crippen LogP contribution >= 0.6 is 0 Å². The van der Waals surface area contributed by atoms with E-state index in [2.05, 4.69) is 0 Å². The number of nitrogens with zero attached hydrogens (tertiary/aromatic N) is 2. The van der Waals surface area contributed by atoms with Crippen molar-refractivity contribution in [2.24, 2.45) is 0 Å². The van der Waals surface area contributed by atoms with Gasteiger partial charge in [-0.05, 0) is 40.0 Å². The van der Waals surface area contributed by atoms with Gasteiger partial charge >= 0.3 is 16.4 Å². The summed E-state index contributed by atoms with van der Waals surface area (Å²) in [7, 11) is -3.63. The molecule has 0 N–H and O–H groups in total. The van der Waals surface area contributed by atoms with Gasteiger partial charge in [0.15, 0.2) is 0 Å². The first-order valence-electron chi connectivity index (χ1n) is 7.39. The van der Waals surface area contributed by atoms with Gasteiger partial charge in [-0.25, -0.2) is 4.79 Å². The lowest BCUT2D eigenvalue weighted by molar-refractivity contribution is -0.0215. The Bertz CT molecular complexity index is 541. The Morgan fingerprint density at radius 2 is 1.95 bits per heavy atom. The Hall–Kier alpha value is -0.860. The highest BCUT2D eigenvalue weighted by Gasteiger charge is 2.56. The van der Waals surface area contributed by atoms with E-state index in [0.717, 1.165) is 19.3 Å². The summed E-state index contributed by atoms with van der Waals surface area (Å²) in [5.74, 6) is 0.